The summed E-state index contributed by atoms with van der Waals surface area (Å²) < 4.78 is 0. The summed E-state index contributed by atoms with van der Waals surface area (Å²) >= 11 is 5.07. The summed E-state index contributed by atoms with van der Waals surface area (Å²) in [5, 5.41) is 15.8. The summed E-state index contributed by atoms with van der Waals surface area (Å²) in [5.41, 5.74) is 8.51. The summed E-state index contributed by atoms with van der Waals surface area (Å²) in [5.74, 6) is 0.283. The first-order valence-corrected chi connectivity index (χ1v) is 9.33. The van der Waals surface area contributed by atoms with Gasteiger partial charge in [-0.2, -0.15) is 4.80 Å². The number of aromatic nitrogens is 4. The standard InChI is InChI=1S/C20H21N7OS/c1-14(2)12-21-20(29)24-23-19(28)17-10-8-15(9-11-17)13-27-25-18(22-26-27)16-6-4-3-5-7-16/h3-11H,1,12-13H2,2H3,(H,23,28)(H2,21,24,29). The van der Waals surface area contributed by atoms with Crippen molar-refractivity contribution in [2.24, 2.45) is 0 Å². The molecule has 0 fully saturated rings. The Morgan fingerprint density at radius 2 is 1.83 bits per heavy atom. The molecule has 3 N–H and O–H groups in total. The van der Waals surface area contributed by atoms with Gasteiger partial charge in [-0.05, 0) is 42.1 Å². The van der Waals surface area contributed by atoms with Crippen LogP contribution in [0.25, 0.3) is 11.4 Å². The van der Waals surface area contributed by atoms with Gasteiger partial charge in [-0.1, -0.05) is 54.6 Å². The molecule has 0 unspecified atom stereocenters. The monoisotopic (exact) mass is 407 g/mol. The molecule has 148 valence electrons. The summed E-state index contributed by atoms with van der Waals surface area (Å²) in [4.78, 5) is 13.7. The fourth-order valence-corrected chi connectivity index (χ4v) is 2.52. The minimum atomic E-state index is -0.290. The Morgan fingerprint density at radius 3 is 2.52 bits per heavy atom. The third kappa shape index (κ3) is 5.94. The van der Waals surface area contributed by atoms with Crippen LogP contribution in [0.2, 0.25) is 0 Å². The topological polar surface area (TPSA) is 96.8 Å². The molecule has 0 bridgehead atoms. The normalized spacial score (nSPS) is 10.2. The molecule has 0 saturated carbocycles. The van der Waals surface area contributed by atoms with Gasteiger partial charge >= 0.3 is 0 Å². The lowest BCUT2D eigenvalue weighted by Gasteiger charge is -2.11. The second-order valence-corrected chi connectivity index (χ2v) is 6.83. The van der Waals surface area contributed by atoms with Crippen LogP contribution in [0, 0.1) is 0 Å². The predicted octanol–water partition coefficient (Wildman–Crippen LogP) is 2.07. The number of carbonyl (C=O) groups excluding carboxylic acids is 1. The highest BCUT2D eigenvalue weighted by Gasteiger charge is 2.08. The summed E-state index contributed by atoms with van der Waals surface area (Å²) in [6.45, 7) is 6.65. The number of hydrogen-bond donors (Lipinski definition) is 3. The summed E-state index contributed by atoms with van der Waals surface area (Å²) in [7, 11) is 0. The first-order valence-electron chi connectivity index (χ1n) is 8.92. The molecule has 2 aromatic carbocycles. The van der Waals surface area contributed by atoms with E-state index in [1.54, 1.807) is 12.1 Å². The zero-order valence-corrected chi connectivity index (χ0v) is 16.7. The van der Waals surface area contributed by atoms with E-state index in [1.807, 2.05) is 49.4 Å². The Kier molecular flexibility index (Phi) is 6.64. The molecule has 0 aliphatic rings. The van der Waals surface area contributed by atoms with Crippen LogP contribution >= 0.6 is 12.2 Å². The van der Waals surface area contributed by atoms with Gasteiger partial charge in [-0.15, -0.1) is 10.2 Å². The number of hydrogen-bond acceptors (Lipinski definition) is 5. The van der Waals surface area contributed by atoms with Crippen molar-refractivity contribution in [1.29, 1.82) is 0 Å². The van der Waals surface area contributed by atoms with E-state index >= 15 is 0 Å². The van der Waals surface area contributed by atoms with Gasteiger partial charge in [0, 0.05) is 17.7 Å². The molecule has 0 aliphatic carbocycles. The molecule has 0 saturated heterocycles. The highest BCUT2D eigenvalue weighted by Crippen LogP contribution is 2.12. The number of nitrogens with one attached hydrogen (secondary N) is 3. The molecule has 9 heteroatoms. The Labute approximate surface area is 174 Å². The van der Waals surface area contributed by atoms with E-state index in [2.05, 4.69) is 38.2 Å². The third-order valence-corrected chi connectivity index (χ3v) is 4.11. The van der Waals surface area contributed by atoms with Crippen molar-refractivity contribution in [1.82, 2.24) is 36.4 Å². The molecule has 1 heterocycles. The maximum atomic E-state index is 12.2. The third-order valence-electron chi connectivity index (χ3n) is 3.87. The van der Waals surface area contributed by atoms with Gasteiger partial charge in [0.25, 0.3) is 5.91 Å². The zero-order chi connectivity index (χ0) is 20.6. The lowest BCUT2D eigenvalue weighted by Crippen LogP contribution is -2.47. The average Bonchev–Trinajstić information content (AvgIpc) is 3.20. The summed E-state index contributed by atoms with van der Waals surface area (Å²) in [6.07, 6.45) is 0. The van der Waals surface area contributed by atoms with Crippen molar-refractivity contribution >= 4 is 23.2 Å². The van der Waals surface area contributed by atoms with Crippen molar-refractivity contribution < 1.29 is 4.79 Å². The first kappa shape index (κ1) is 20.2. The Morgan fingerprint density at radius 1 is 1.10 bits per heavy atom. The van der Waals surface area contributed by atoms with E-state index in [1.165, 1.54) is 4.80 Å². The van der Waals surface area contributed by atoms with E-state index in [0.29, 0.717) is 29.6 Å². The number of carbonyl (C=O) groups is 1. The van der Waals surface area contributed by atoms with Gasteiger partial charge in [0.15, 0.2) is 5.11 Å². The van der Waals surface area contributed by atoms with Crippen LogP contribution < -0.4 is 16.2 Å². The number of tetrazole rings is 1. The lowest BCUT2D eigenvalue weighted by molar-refractivity contribution is 0.0943. The van der Waals surface area contributed by atoms with E-state index in [0.717, 1.165) is 16.7 Å². The van der Waals surface area contributed by atoms with Crippen molar-refractivity contribution in [2.75, 3.05) is 6.54 Å². The molecular weight excluding hydrogens is 386 g/mol. The first-order chi connectivity index (χ1) is 14.0. The maximum Gasteiger partial charge on any atom is 0.269 e. The Balaban J connectivity index is 1.53. The number of amides is 1. The van der Waals surface area contributed by atoms with Crippen LogP contribution in [0.1, 0.15) is 22.8 Å². The highest BCUT2D eigenvalue weighted by atomic mass is 32.1. The minimum Gasteiger partial charge on any atom is -0.358 e. The quantitative estimate of drug-likeness (QED) is 0.327. The molecule has 0 aliphatic heterocycles. The van der Waals surface area contributed by atoms with Gasteiger partial charge < -0.3 is 5.32 Å². The average molecular weight is 408 g/mol. The molecule has 29 heavy (non-hydrogen) atoms. The van der Waals surface area contributed by atoms with Crippen LogP contribution in [-0.4, -0.2) is 37.8 Å². The Hall–Kier alpha value is -3.59. The van der Waals surface area contributed by atoms with Gasteiger partial charge in [-0.25, -0.2) is 0 Å². The number of rotatable bonds is 6. The van der Waals surface area contributed by atoms with E-state index in [-0.39, 0.29) is 5.91 Å². The molecular formula is C20H21N7OS. The number of hydrazine groups is 1. The van der Waals surface area contributed by atoms with Crippen molar-refractivity contribution in [3.63, 3.8) is 0 Å². The highest BCUT2D eigenvalue weighted by molar-refractivity contribution is 7.80. The number of benzene rings is 2. The molecule has 0 radical (unpaired) electrons. The molecule has 0 spiro atoms. The molecule has 1 amide bonds. The van der Waals surface area contributed by atoms with Gasteiger partial charge in [0.2, 0.25) is 5.82 Å². The van der Waals surface area contributed by atoms with Crippen LogP contribution in [0.4, 0.5) is 0 Å². The Bertz CT molecular complexity index is 999. The van der Waals surface area contributed by atoms with E-state index in [9.17, 15) is 4.79 Å². The molecule has 8 nitrogen and oxygen atoms in total. The molecule has 0 atom stereocenters. The number of thiocarbonyl (C=S) groups is 1. The second kappa shape index (κ2) is 9.56. The summed E-state index contributed by atoms with van der Waals surface area (Å²) in [6, 6.07) is 16.8. The predicted molar refractivity (Wildman–Crippen MR) is 115 cm³/mol. The van der Waals surface area contributed by atoms with Crippen LogP contribution in [-0.2, 0) is 6.54 Å². The second-order valence-electron chi connectivity index (χ2n) is 6.43. The van der Waals surface area contributed by atoms with Gasteiger partial charge in [0.05, 0.1) is 6.54 Å². The lowest BCUT2D eigenvalue weighted by atomic mass is 10.1. The zero-order valence-electron chi connectivity index (χ0n) is 15.9. The van der Waals surface area contributed by atoms with Crippen LogP contribution in [0.15, 0.2) is 66.7 Å². The maximum absolute atomic E-state index is 12.2. The molecule has 3 aromatic rings. The fraction of sp³-hybridized carbons (Fsp3) is 0.150. The fourth-order valence-electron chi connectivity index (χ4n) is 2.40. The van der Waals surface area contributed by atoms with Crippen LogP contribution in [0.5, 0.6) is 0 Å². The van der Waals surface area contributed by atoms with Crippen molar-refractivity contribution in [3.8, 4) is 11.4 Å². The smallest absolute Gasteiger partial charge is 0.269 e. The largest absolute Gasteiger partial charge is 0.358 e. The van der Waals surface area contributed by atoms with E-state index in [4.69, 9.17) is 12.2 Å². The van der Waals surface area contributed by atoms with Crippen LogP contribution in [0.3, 0.4) is 0 Å². The van der Waals surface area contributed by atoms with Crippen molar-refractivity contribution in [2.45, 2.75) is 13.5 Å². The molecule has 3 rings (SSSR count). The minimum absolute atomic E-state index is 0.290. The van der Waals surface area contributed by atoms with Gasteiger partial charge in [0.1, 0.15) is 0 Å². The van der Waals surface area contributed by atoms with Gasteiger partial charge in [-0.3, -0.25) is 15.6 Å². The van der Waals surface area contributed by atoms with Crippen molar-refractivity contribution in [3.05, 3.63) is 77.9 Å². The molecule has 1 aromatic heterocycles. The SMILES string of the molecule is C=C(C)CNC(=S)NNC(=O)c1ccc(Cn2nnc(-c3ccccc3)n2)cc1. The number of nitrogens with zero attached hydrogens (tertiary/aromatic N) is 4. The van der Waals surface area contributed by atoms with E-state index < -0.39 is 0 Å².